The maximum Gasteiger partial charge on any atom is 0.0831 e. The third kappa shape index (κ3) is 3.44. The van der Waals surface area contributed by atoms with Crippen LogP contribution in [0.3, 0.4) is 0 Å². The van der Waals surface area contributed by atoms with Crippen molar-refractivity contribution >= 4 is 33.2 Å². The van der Waals surface area contributed by atoms with Crippen molar-refractivity contribution in [2.75, 3.05) is 32.8 Å². The molecule has 1 aliphatic heterocycles. The van der Waals surface area contributed by atoms with Gasteiger partial charge in [-0.15, -0.1) is 11.3 Å². The Labute approximate surface area is 150 Å². The first-order chi connectivity index (χ1) is 11.8. The van der Waals surface area contributed by atoms with Gasteiger partial charge in [0.05, 0.1) is 39.0 Å². The van der Waals surface area contributed by atoms with E-state index >= 15 is 0 Å². The molecule has 1 fully saturated rings. The Kier molecular flexibility index (Phi) is 4.76. The van der Waals surface area contributed by atoms with Gasteiger partial charge in [0.1, 0.15) is 0 Å². The van der Waals surface area contributed by atoms with Crippen molar-refractivity contribution in [2.24, 2.45) is 0 Å². The maximum absolute atomic E-state index is 6.23. The number of hydrogen-bond donors (Lipinski definition) is 0. The van der Waals surface area contributed by atoms with E-state index in [1.165, 1.54) is 5.56 Å². The third-order valence-corrected chi connectivity index (χ3v) is 5.87. The van der Waals surface area contributed by atoms with E-state index in [2.05, 4.69) is 33.1 Å². The number of thiophene rings is 1. The van der Waals surface area contributed by atoms with Crippen molar-refractivity contribution in [3.63, 3.8) is 0 Å². The van der Waals surface area contributed by atoms with Crippen LogP contribution in [0, 0.1) is 0 Å². The van der Waals surface area contributed by atoms with Crippen LogP contribution < -0.4 is 0 Å². The van der Waals surface area contributed by atoms with Crippen molar-refractivity contribution in [1.29, 1.82) is 0 Å². The molecule has 24 heavy (non-hydrogen) atoms. The second kappa shape index (κ2) is 7.15. The molecular formula is C18H18ClN3OS. The minimum absolute atomic E-state index is 0.749. The molecule has 4 heterocycles. The molecule has 0 amide bonds. The summed E-state index contributed by atoms with van der Waals surface area (Å²) in [4.78, 5) is 12.5. The van der Waals surface area contributed by atoms with Gasteiger partial charge in [-0.05, 0) is 30.2 Å². The second-order valence-corrected chi connectivity index (χ2v) is 7.33. The number of aromatic nitrogens is 2. The molecule has 0 unspecified atom stereocenters. The first-order valence-corrected chi connectivity index (χ1v) is 9.28. The van der Waals surface area contributed by atoms with Crippen molar-refractivity contribution in [1.82, 2.24) is 14.9 Å². The lowest BCUT2D eigenvalue weighted by Crippen LogP contribution is -2.37. The molecule has 4 rings (SSSR count). The molecule has 0 atom stereocenters. The van der Waals surface area contributed by atoms with Crippen LogP contribution in [0.15, 0.2) is 36.7 Å². The number of fused-ring (bicyclic) bond motifs is 1. The molecule has 3 aromatic heterocycles. The summed E-state index contributed by atoms with van der Waals surface area (Å²) in [6, 6.07) is 8.14. The summed E-state index contributed by atoms with van der Waals surface area (Å²) in [6.45, 7) is 4.81. The van der Waals surface area contributed by atoms with E-state index < -0.39 is 0 Å². The standard InChI is InChI=1S/C18H18ClN3OS/c19-14-3-5-20-16-11-17(24-18(14)16)15-2-1-13(12-21-15)4-6-22-7-9-23-10-8-22/h1-3,5,11-12H,4,6-10H2. The zero-order valence-corrected chi connectivity index (χ0v) is 14.8. The van der Waals surface area contributed by atoms with Crippen LogP contribution in [0.1, 0.15) is 5.56 Å². The number of nitrogens with zero attached hydrogens (tertiary/aromatic N) is 3. The molecule has 0 radical (unpaired) electrons. The number of ether oxygens (including phenoxy) is 1. The predicted octanol–water partition coefficient (Wildman–Crippen LogP) is 3.89. The SMILES string of the molecule is Clc1ccnc2cc(-c3ccc(CCN4CCOCC4)cn3)sc12. The van der Waals surface area contributed by atoms with Crippen LogP contribution in [0.2, 0.25) is 5.02 Å². The van der Waals surface area contributed by atoms with Gasteiger partial charge >= 0.3 is 0 Å². The molecule has 0 bridgehead atoms. The van der Waals surface area contributed by atoms with Crippen LogP contribution in [-0.2, 0) is 11.2 Å². The highest BCUT2D eigenvalue weighted by Gasteiger charge is 2.11. The number of rotatable bonds is 4. The Morgan fingerprint density at radius 1 is 1.17 bits per heavy atom. The molecule has 1 saturated heterocycles. The number of halogens is 1. The Balaban J connectivity index is 1.47. The fraction of sp³-hybridized carbons (Fsp3) is 0.333. The van der Waals surface area contributed by atoms with Gasteiger partial charge in [0.2, 0.25) is 0 Å². The molecule has 0 saturated carbocycles. The molecule has 0 aliphatic carbocycles. The van der Waals surface area contributed by atoms with E-state index in [0.717, 1.165) is 65.1 Å². The average Bonchev–Trinajstić information content (AvgIpc) is 3.07. The molecular weight excluding hydrogens is 342 g/mol. The van der Waals surface area contributed by atoms with Crippen molar-refractivity contribution < 1.29 is 4.74 Å². The largest absolute Gasteiger partial charge is 0.379 e. The van der Waals surface area contributed by atoms with Gasteiger partial charge in [0.25, 0.3) is 0 Å². The minimum Gasteiger partial charge on any atom is -0.379 e. The quantitative estimate of drug-likeness (QED) is 0.708. The molecule has 0 N–H and O–H groups in total. The van der Waals surface area contributed by atoms with E-state index in [0.29, 0.717) is 0 Å². The monoisotopic (exact) mass is 359 g/mol. The lowest BCUT2D eigenvalue weighted by molar-refractivity contribution is 0.0384. The summed E-state index contributed by atoms with van der Waals surface area (Å²) in [6.07, 6.45) is 4.74. The summed E-state index contributed by atoms with van der Waals surface area (Å²) < 4.78 is 6.40. The smallest absolute Gasteiger partial charge is 0.0831 e. The fourth-order valence-electron chi connectivity index (χ4n) is 2.86. The Hall–Kier alpha value is -1.53. The highest BCUT2D eigenvalue weighted by atomic mass is 35.5. The molecule has 6 heteroatoms. The summed E-state index contributed by atoms with van der Waals surface area (Å²) in [5, 5.41) is 0.749. The lowest BCUT2D eigenvalue weighted by atomic mass is 10.1. The van der Waals surface area contributed by atoms with Gasteiger partial charge in [-0.2, -0.15) is 0 Å². The predicted molar refractivity (Wildman–Crippen MR) is 98.8 cm³/mol. The van der Waals surface area contributed by atoms with E-state index in [1.807, 2.05) is 12.3 Å². The molecule has 4 nitrogen and oxygen atoms in total. The summed E-state index contributed by atoms with van der Waals surface area (Å²) in [7, 11) is 0. The third-order valence-electron chi connectivity index (χ3n) is 4.26. The first kappa shape index (κ1) is 16.0. The maximum atomic E-state index is 6.23. The van der Waals surface area contributed by atoms with Crippen molar-refractivity contribution in [3.8, 4) is 10.6 Å². The summed E-state index contributed by atoms with van der Waals surface area (Å²) in [5.41, 5.74) is 3.17. The highest BCUT2D eigenvalue weighted by Crippen LogP contribution is 2.35. The van der Waals surface area contributed by atoms with Gasteiger partial charge in [-0.3, -0.25) is 14.9 Å². The zero-order chi connectivity index (χ0) is 16.4. The first-order valence-electron chi connectivity index (χ1n) is 8.09. The van der Waals surface area contributed by atoms with Gasteiger partial charge in [0.15, 0.2) is 0 Å². The van der Waals surface area contributed by atoms with E-state index in [-0.39, 0.29) is 0 Å². The fourth-order valence-corrected chi connectivity index (χ4v) is 4.13. The summed E-state index contributed by atoms with van der Waals surface area (Å²) >= 11 is 7.87. The molecule has 0 aromatic carbocycles. The highest BCUT2D eigenvalue weighted by molar-refractivity contribution is 7.22. The van der Waals surface area contributed by atoms with Crippen molar-refractivity contribution in [3.05, 3.63) is 47.2 Å². The summed E-state index contributed by atoms with van der Waals surface area (Å²) in [5.74, 6) is 0. The van der Waals surface area contributed by atoms with E-state index in [1.54, 1.807) is 17.5 Å². The van der Waals surface area contributed by atoms with Crippen LogP contribution in [0.5, 0.6) is 0 Å². The Bertz CT molecular complexity index is 828. The normalized spacial score (nSPS) is 15.9. The number of morpholine rings is 1. The van der Waals surface area contributed by atoms with E-state index in [9.17, 15) is 0 Å². The van der Waals surface area contributed by atoms with Gasteiger partial charge < -0.3 is 4.74 Å². The molecule has 124 valence electrons. The minimum atomic E-state index is 0.749. The molecule has 1 aliphatic rings. The van der Waals surface area contributed by atoms with Crippen LogP contribution in [0.25, 0.3) is 20.8 Å². The topological polar surface area (TPSA) is 38.2 Å². The van der Waals surface area contributed by atoms with Crippen LogP contribution in [0.4, 0.5) is 0 Å². The van der Waals surface area contributed by atoms with Gasteiger partial charge in [0, 0.05) is 32.0 Å². The lowest BCUT2D eigenvalue weighted by Gasteiger charge is -2.26. The second-order valence-electron chi connectivity index (χ2n) is 5.87. The van der Waals surface area contributed by atoms with Crippen LogP contribution in [-0.4, -0.2) is 47.7 Å². The van der Waals surface area contributed by atoms with Gasteiger partial charge in [-0.1, -0.05) is 17.7 Å². The number of pyridine rings is 2. The number of hydrogen-bond acceptors (Lipinski definition) is 5. The molecule has 3 aromatic rings. The van der Waals surface area contributed by atoms with Crippen molar-refractivity contribution in [2.45, 2.75) is 6.42 Å². The van der Waals surface area contributed by atoms with Crippen LogP contribution >= 0.6 is 22.9 Å². The molecule has 0 spiro atoms. The Morgan fingerprint density at radius 2 is 2.04 bits per heavy atom. The van der Waals surface area contributed by atoms with Gasteiger partial charge in [-0.25, -0.2) is 0 Å². The zero-order valence-electron chi connectivity index (χ0n) is 13.2. The van der Waals surface area contributed by atoms with E-state index in [4.69, 9.17) is 16.3 Å². The average molecular weight is 360 g/mol. The Morgan fingerprint density at radius 3 is 2.79 bits per heavy atom.